The van der Waals surface area contributed by atoms with Gasteiger partial charge in [-0.05, 0) is 51.2 Å². The minimum absolute atomic E-state index is 0.0402. The van der Waals surface area contributed by atoms with Gasteiger partial charge in [-0.3, -0.25) is 15.6 Å². The first-order chi connectivity index (χ1) is 11.2. The zero-order valence-corrected chi connectivity index (χ0v) is 14.5. The number of hydrogen-bond donors (Lipinski definition) is 2. The van der Waals surface area contributed by atoms with E-state index in [2.05, 4.69) is 15.8 Å². The highest BCUT2D eigenvalue weighted by Gasteiger charge is 2.60. The Bertz CT molecular complexity index is 626. The molecular weight excluding hydrogens is 308 g/mol. The van der Waals surface area contributed by atoms with E-state index in [4.69, 9.17) is 4.74 Å². The van der Waals surface area contributed by atoms with E-state index in [1.165, 1.54) is 0 Å². The van der Waals surface area contributed by atoms with Gasteiger partial charge in [-0.15, -0.1) is 0 Å². The molecule has 1 saturated heterocycles. The van der Waals surface area contributed by atoms with Crippen molar-refractivity contribution < 1.29 is 14.3 Å². The maximum atomic E-state index is 12.2. The van der Waals surface area contributed by atoms with Crippen molar-refractivity contribution in [2.24, 2.45) is 17.8 Å². The second kappa shape index (κ2) is 5.96. The predicted molar refractivity (Wildman–Crippen MR) is 89.0 cm³/mol. The van der Waals surface area contributed by atoms with Crippen LogP contribution in [0.15, 0.2) is 18.3 Å². The van der Waals surface area contributed by atoms with Crippen LogP contribution >= 0.6 is 0 Å². The van der Waals surface area contributed by atoms with E-state index in [0.717, 1.165) is 5.56 Å². The largest absolute Gasteiger partial charge is 0.444 e. The number of carbonyl (C=O) groups excluding carboxylic acids is 2. The van der Waals surface area contributed by atoms with Crippen LogP contribution in [-0.4, -0.2) is 40.6 Å². The van der Waals surface area contributed by atoms with E-state index in [1.807, 2.05) is 39.8 Å². The maximum Gasteiger partial charge on any atom is 0.410 e. The number of carbonyl (C=O) groups is 2. The maximum absolute atomic E-state index is 12.2. The summed E-state index contributed by atoms with van der Waals surface area (Å²) in [5, 5.41) is 0. The molecule has 0 bridgehead atoms. The molecule has 1 aromatic heterocycles. The fourth-order valence-electron chi connectivity index (χ4n) is 3.14. The highest BCUT2D eigenvalue weighted by Crippen LogP contribution is 2.51. The van der Waals surface area contributed by atoms with E-state index >= 15 is 0 Å². The number of hydrogen-bond acceptors (Lipinski definition) is 5. The van der Waals surface area contributed by atoms with Crippen LogP contribution in [0.25, 0.3) is 0 Å². The summed E-state index contributed by atoms with van der Waals surface area (Å²) in [7, 11) is 0. The summed E-state index contributed by atoms with van der Waals surface area (Å²) in [6.07, 6.45) is 1.44. The summed E-state index contributed by atoms with van der Waals surface area (Å²) in [6, 6.07) is 3.74. The summed E-state index contributed by atoms with van der Waals surface area (Å²) in [5.41, 5.74) is 6.10. The molecule has 2 aliphatic rings. The molecule has 7 heteroatoms. The smallest absolute Gasteiger partial charge is 0.410 e. The Morgan fingerprint density at radius 3 is 2.46 bits per heavy atom. The van der Waals surface area contributed by atoms with Gasteiger partial charge in [0.05, 0.1) is 0 Å². The van der Waals surface area contributed by atoms with E-state index in [-0.39, 0.29) is 29.8 Å². The molecule has 2 N–H and O–H groups in total. The first-order valence-electron chi connectivity index (χ1n) is 8.21. The second-order valence-electron chi connectivity index (χ2n) is 7.57. The summed E-state index contributed by atoms with van der Waals surface area (Å²) in [4.78, 5) is 30.1. The van der Waals surface area contributed by atoms with Crippen LogP contribution in [0.5, 0.6) is 0 Å². The molecule has 1 aromatic rings. The number of pyridine rings is 1. The second-order valence-corrected chi connectivity index (χ2v) is 7.57. The zero-order valence-electron chi connectivity index (χ0n) is 14.5. The Morgan fingerprint density at radius 2 is 1.92 bits per heavy atom. The highest BCUT2D eigenvalue weighted by molar-refractivity contribution is 5.84. The number of likely N-dealkylation sites (tertiary alicyclic amines) is 1. The van der Waals surface area contributed by atoms with E-state index in [9.17, 15) is 9.59 Å². The molecule has 2 fully saturated rings. The van der Waals surface area contributed by atoms with Gasteiger partial charge in [0.2, 0.25) is 5.91 Å². The Hall–Kier alpha value is -2.31. The summed E-state index contributed by atoms with van der Waals surface area (Å²) in [5.74, 6) is 0.976. The third-order valence-corrected chi connectivity index (χ3v) is 4.37. The van der Waals surface area contributed by atoms with Crippen molar-refractivity contribution in [1.82, 2.24) is 15.3 Å². The average molecular weight is 332 g/mol. The van der Waals surface area contributed by atoms with E-state index in [0.29, 0.717) is 18.9 Å². The van der Waals surface area contributed by atoms with Gasteiger partial charge in [0.25, 0.3) is 0 Å². The molecule has 1 saturated carbocycles. The van der Waals surface area contributed by atoms with Gasteiger partial charge in [-0.25, -0.2) is 9.78 Å². The van der Waals surface area contributed by atoms with Gasteiger partial charge < -0.3 is 9.64 Å². The fourth-order valence-corrected chi connectivity index (χ4v) is 3.14. The number of ether oxygens (including phenoxy) is 1. The topological polar surface area (TPSA) is 83.6 Å². The monoisotopic (exact) mass is 332 g/mol. The summed E-state index contributed by atoms with van der Waals surface area (Å²) >= 11 is 0. The first kappa shape index (κ1) is 16.5. The molecule has 130 valence electrons. The Labute approximate surface area is 141 Å². The van der Waals surface area contributed by atoms with Crippen LogP contribution < -0.4 is 10.9 Å². The molecule has 1 aliphatic heterocycles. The van der Waals surface area contributed by atoms with Crippen LogP contribution in [0.1, 0.15) is 26.3 Å². The number of nitrogens with zero attached hydrogens (tertiary/aromatic N) is 2. The Morgan fingerprint density at radius 1 is 1.25 bits per heavy atom. The van der Waals surface area contributed by atoms with Crippen molar-refractivity contribution in [2.75, 3.05) is 18.5 Å². The number of aryl methyl sites for hydroxylation is 1. The lowest BCUT2D eigenvalue weighted by Gasteiger charge is -2.25. The van der Waals surface area contributed by atoms with Gasteiger partial charge in [0, 0.05) is 25.2 Å². The molecule has 0 spiro atoms. The van der Waals surface area contributed by atoms with Crippen molar-refractivity contribution in [2.45, 2.75) is 33.3 Å². The summed E-state index contributed by atoms with van der Waals surface area (Å²) in [6.45, 7) is 8.67. The molecule has 1 unspecified atom stereocenters. The number of piperidine rings is 1. The Kier molecular flexibility index (Phi) is 4.11. The number of amides is 2. The standard InChI is InChI=1S/C17H24N4O3/c1-10-5-6-13(18-7-10)19-20-15(22)14-11-8-21(9-12(11)14)16(23)24-17(2,3)4/h5-7,11-12,14H,8-9H2,1-4H3,(H,18,19)(H,20,22)/t11-,12+,14?. The zero-order chi connectivity index (χ0) is 17.5. The van der Waals surface area contributed by atoms with Gasteiger partial charge in [0.15, 0.2) is 0 Å². The molecule has 7 nitrogen and oxygen atoms in total. The lowest BCUT2D eigenvalue weighted by atomic mass is 10.2. The normalized spacial score (nSPS) is 25.0. The molecule has 2 amide bonds. The minimum atomic E-state index is -0.494. The van der Waals surface area contributed by atoms with Crippen LogP contribution in [0, 0.1) is 24.7 Å². The number of anilines is 1. The lowest BCUT2D eigenvalue weighted by Crippen LogP contribution is -2.39. The molecule has 3 rings (SSSR count). The molecule has 1 aliphatic carbocycles. The number of rotatable bonds is 3. The van der Waals surface area contributed by atoms with E-state index in [1.54, 1.807) is 11.1 Å². The van der Waals surface area contributed by atoms with Crippen LogP contribution in [-0.2, 0) is 9.53 Å². The quantitative estimate of drug-likeness (QED) is 0.827. The number of aromatic nitrogens is 1. The minimum Gasteiger partial charge on any atom is -0.444 e. The van der Waals surface area contributed by atoms with Crippen molar-refractivity contribution in [3.8, 4) is 0 Å². The average Bonchev–Trinajstić information content (AvgIpc) is 2.98. The predicted octanol–water partition coefficient (Wildman–Crippen LogP) is 1.95. The summed E-state index contributed by atoms with van der Waals surface area (Å²) < 4.78 is 5.37. The third kappa shape index (κ3) is 3.60. The number of fused-ring (bicyclic) bond motifs is 1. The lowest BCUT2D eigenvalue weighted by molar-refractivity contribution is -0.122. The SMILES string of the molecule is Cc1ccc(NNC(=O)C2[C@H]3CN(C(=O)OC(C)(C)C)C[C@@H]23)nc1. The number of hydrazine groups is 1. The van der Waals surface area contributed by atoms with Crippen molar-refractivity contribution >= 4 is 17.8 Å². The molecule has 3 atom stereocenters. The molecular formula is C17H24N4O3. The molecule has 0 radical (unpaired) electrons. The van der Waals surface area contributed by atoms with Crippen LogP contribution in [0.4, 0.5) is 10.6 Å². The van der Waals surface area contributed by atoms with Crippen LogP contribution in [0.3, 0.4) is 0 Å². The van der Waals surface area contributed by atoms with Crippen molar-refractivity contribution in [3.05, 3.63) is 23.9 Å². The van der Waals surface area contributed by atoms with Gasteiger partial charge in [-0.1, -0.05) is 6.07 Å². The molecule has 0 aromatic carbocycles. The molecule has 24 heavy (non-hydrogen) atoms. The van der Waals surface area contributed by atoms with E-state index < -0.39 is 5.60 Å². The van der Waals surface area contributed by atoms with Crippen molar-refractivity contribution in [1.29, 1.82) is 0 Å². The van der Waals surface area contributed by atoms with Gasteiger partial charge >= 0.3 is 6.09 Å². The van der Waals surface area contributed by atoms with Gasteiger partial charge in [0.1, 0.15) is 11.4 Å². The van der Waals surface area contributed by atoms with Gasteiger partial charge in [-0.2, -0.15) is 0 Å². The first-order valence-corrected chi connectivity index (χ1v) is 8.21. The third-order valence-electron chi connectivity index (χ3n) is 4.37. The van der Waals surface area contributed by atoms with Crippen molar-refractivity contribution in [3.63, 3.8) is 0 Å². The fraction of sp³-hybridized carbons (Fsp3) is 0.588. The van der Waals surface area contributed by atoms with Crippen LogP contribution in [0.2, 0.25) is 0 Å². The molecule has 2 heterocycles. The number of nitrogens with one attached hydrogen (secondary N) is 2. The highest BCUT2D eigenvalue weighted by atomic mass is 16.6. The Balaban J connectivity index is 1.44.